The Labute approximate surface area is 133 Å². The van der Waals surface area contributed by atoms with Crippen LogP contribution in [0.5, 0.6) is 5.75 Å². The van der Waals surface area contributed by atoms with E-state index in [1.807, 2.05) is 0 Å². The molecule has 0 saturated heterocycles. The van der Waals surface area contributed by atoms with Gasteiger partial charge in [-0.05, 0) is 30.3 Å². The van der Waals surface area contributed by atoms with Gasteiger partial charge in [0.25, 0.3) is 5.91 Å². The Hall–Kier alpha value is -2.53. The largest absolute Gasteiger partial charge is 0.496 e. The van der Waals surface area contributed by atoms with Crippen LogP contribution in [0.4, 0.5) is 5.69 Å². The molecule has 2 aromatic carbocycles. The fraction of sp³-hybridized carbons (Fsp3) is 0.125. The number of carbonyl (C=O) groups excluding carboxylic acids is 2. The highest BCUT2D eigenvalue weighted by Gasteiger charge is 2.12. The van der Waals surface area contributed by atoms with Crippen molar-refractivity contribution in [1.82, 2.24) is 5.32 Å². The van der Waals surface area contributed by atoms with E-state index in [0.717, 1.165) is 0 Å². The van der Waals surface area contributed by atoms with Gasteiger partial charge in [-0.15, -0.1) is 0 Å². The zero-order valence-corrected chi connectivity index (χ0v) is 12.7. The third-order valence-corrected chi connectivity index (χ3v) is 3.10. The van der Waals surface area contributed by atoms with Crippen LogP contribution in [0.2, 0.25) is 5.02 Å². The molecule has 2 rings (SSSR count). The smallest absolute Gasteiger partial charge is 0.255 e. The molecule has 0 aliphatic carbocycles. The van der Waals surface area contributed by atoms with E-state index in [-0.39, 0.29) is 18.4 Å². The van der Waals surface area contributed by atoms with E-state index in [1.54, 1.807) is 48.5 Å². The number of benzene rings is 2. The molecule has 6 heteroatoms. The monoisotopic (exact) mass is 318 g/mol. The molecule has 0 saturated carbocycles. The van der Waals surface area contributed by atoms with Crippen LogP contribution in [0.3, 0.4) is 0 Å². The van der Waals surface area contributed by atoms with Gasteiger partial charge in [0.1, 0.15) is 5.75 Å². The lowest BCUT2D eigenvalue weighted by atomic mass is 10.2. The average Bonchev–Trinajstić information content (AvgIpc) is 2.52. The molecule has 0 radical (unpaired) electrons. The van der Waals surface area contributed by atoms with Crippen LogP contribution in [-0.4, -0.2) is 25.5 Å². The van der Waals surface area contributed by atoms with Crippen molar-refractivity contribution < 1.29 is 14.3 Å². The SMILES string of the molecule is COc1ccccc1C(=O)NCC(=O)Nc1cccc(Cl)c1. The summed E-state index contributed by atoms with van der Waals surface area (Å²) in [4.78, 5) is 23.9. The first-order chi connectivity index (χ1) is 10.6. The second-order valence-corrected chi connectivity index (χ2v) is 4.88. The number of ether oxygens (including phenoxy) is 1. The van der Waals surface area contributed by atoms with Crippen molar-refractivity contribution in [3.05, 3.63) is 59.1 Å². The maximum absolute atomic E-state index is 12.0. The highest BCUT2D eigenvalue weighted by Crippen LogP contribution is 2.17. The third-order valence-electron chi connectivity index (χ3n) is 2.87. The molecule has 0 unspecified atom stereocenters. The minimum atomic E-state index is -0.376. The number of anilines is 1. The number of hydrogen-bond acceptors (Lipinski definition) is 3. The lowest BCUT2D eigenvalue weighted by molar-refractivity contribution is -0.115. The molecule has 22 heavy (non-hydrogen) atoms. The molecule has 5 nitrogen and oxygen atoms in total. The summed E-state index contributed by atoms with van der Waals surface area (Å²) in [6.07, 6.45) is 0. The van der Waals surface area contributed by atoms with Gasteiger partial charge >= 0.3 is 0 Å². The highest BCUT2D eigenvalue weighted by molar-refractivity contribution is 6.30. The first-order valence-electron chi connectivity index (χ1n) is 6.57. The summed E-state index contributed by atoms with van der Waals surface area (Å²) in [6, 6.07) is 13.6. The number of methoxy groups -OCH3 is 1. The van der Waals surface area contributed by atoms with Crippen LogP contribution in [0.25, 0.3) is 0 Å². The summed E-state index contributed by atoms with van der Waals surface area (Å²) in [5, 5.41) is 5.72. The van der Waals surface area contributed by atoms with Crippen molar-refractivity contribution in [2.45, 2.75) is 0 Å². The summed E-state index contributed by atoms with van der Waals surface area (Å²) in [5.74, 6) is -0.264. The third kappa shape index (κ3) is 4.23. The fourth-order valence-corrected chi connectivity index (χ4v) is 2.05. The van der Waals surface area contributed by atoms with Gasteiger partial charge in [-0.1, -0.05) is 29.8 Å². The van der Waals surface area contributed by atoms with Crippen molar-refractivity contribution >= 4 is 29.1 Å². The number of amides is 2. The molecule has 2 N–H and O–H groups in total. The quantitative estimate of drug-likeness (QED) is 0.890. The number of halogens is 1. The predicted molar refractivity (Wildman–Crippen MR) is 85.4 cm³/mol. The zero-order valence-electron chi connectivity index (χ0n) is 11.9. The summed E-state index contributed by atoms with van der Waals surface area (Å²) in [6.45, 7) is -0.149. The van der Waals surface area contributed by atoms with E-state index in [0.29, 0.717) is 22.0 Å². The maximum Gasteiger partial charge on any atom is 0.255 e. The van der Waals surface area contributed by atoms with Crippen LogP contribution >= 0.6 is 11.6 Å². The minimum absolute atomic E-state index is 0.149. The zero-order chi connectivity index (χ0) is 15.9. The molecule has 0 aliphatic heterocycles. The molecule has 0 atom stereocenters. The Balaban J connectivity index is 1.92. The van der Waals surface area contributed by atoms with Gasteiger partial charge in [0.15, 0.2) is 0 Å². The summed E-state index contributed by atoms with van der Waals surface area (Å²) < 4.78 is 5.11. The van der Waals surface area contributed by atoms with E-state index >= 15 is 0 Å². The highest BCUT2D eigenvalue weighted by atomic mass is 35.5. The second-order valence-electron chi connectivity index (χ2n) is 4.44. The number of hydrogen-bond donors (Lipinski definition) is 2. The predicted octanol–water partition coefficient (Wildman–Crippen LogP) is 2.72. The van der Waals surface area contributed by atoms with Gasteiger partial charge in [0, 0.05) is 10.7 Å². The Bertz CT molecular complexity index is 689. The van der Waals surface area contributed by atoms with Gasteiger partial charge in [-0.3, -0.25) is 9.59 Å². The second kappa shape index (κ2) is 7.47. The maximum atomic E-state index is 12.0. The standard InChI is InChI=1S/C16H15ClN2O3/c1-22-14-8-3-2-7-13(14)16(21)18-10-15(20)19-12-6-4-5-11(17)9-12/h2-9H,10H2,1H3,(H,18,21)(H,19,20). The summed E-state index contributed by atoms with van der Waals surface area (Å²) in [5.41, 5.74) is 0.949. The van der Waals surface area contributed by atoms with E-state index < -0.39 is 0 Å². The fourth-order valence-electron chi connectivity index (χ4n) is 1.86. The van der Waals surface area contributed by atoms with E-state index in [1.165, 1.54) is 7.11 Å². The van der Waals surface area contributed by atoms with Crippen LogP contribution in [-0.2, 0) is 4.79 Å². The van der Waals surface area contributed by atoms with E-state index in [4.69, 9.17) is 16.3 Å². The van der Waals surface area contributed by atoms with Gasteiger partial charge in [-0.25, -0.2) is 0 Å². The van der Waals surface area contributed by atoms with Crippen molar-refractivity contribution in [2.24, 2.45) is 0 Å². The van der Waals surface area contributed by atoms with Crippen LogP contribution in [0, 0.1) is 0 Å². The molecular formula is C16H15ClN2O3. The molecule has 2 amide bonds. The molecule has 0 heterocycles. The Kier molecular flexibility index (Phi) is 5.38. The summed E-state index contributed by atoms with van der Waals surface area (Å²) in [7, 11) is 1.48. The number of rotatable bonds is 5. The minimum Gasteiger partial charge on any atom is -0.496 e. The molecule has 0 aromatic heterocycles. The lowest BCUT2D eigenvalue weighted by Crippen LogP contribution is -2.33. The van der Waals surface area contributed by atoms with E-state index in [9.17, 15) is 9.59 Å². The lowest BCUT2D eigenvalue weighted by Gasteiger charge is -2.09. The number of carbonyl (C=O) groups is 2. The van der Waals surface area contributed by atoms with Crippen LogP contribution in [0.1, 0.15) is 10.4 Å². The molecule has 0 bridgehead atoms. The van der Waals surface area contributed by atoms with Crippen molar-refractivity contribution in [1.29, 1.82) is 0 Å². The Morgan fingerprint density at radius 3 is 2.64 bits per heavy atom. The van der Waals surface area contributed by atoms with Gasteiger partial charge in [0.05, 0.1) is 19.2 Å². The first kappa shape index (κ1) is 15.9. The Morgan fingerprint density at radius 1 is 1.14 bits per heavy atom. The topological polar surface area (TPSA) is 67.4 Å². The van der Waals surface area contributed by atoms with Gasteiger partial charge in [-0.2, -0.15) is 0 Å². The molecule has 114 valence electrons. The number of nitrogens with one attached hydrogen (secondary N) is 2. The van der Waals surface area contributed by atoms with Crippen molar-refractivity contribution in [2.75, 3.05) is 19.0 Å². The molecular weight excluding hydrogens is 304 g/mol. The summed E-state index contributed by atoms with van der Waals surface area (Å²) >= 11 is 5.83. The van der Waals surface area contributed by atoms with Gasteiger partial charge in [0.2, 0.25) is 5.91 Å². The number of para-hydroxylation sites is 1. The molecule has 2 aromatic rings. The average molecular weight is 319 g/mol. The van der Waals surface area contributed by atoms with Crippen molar-refractivity contribution in [3.63, 3.8) is 0 Å². The van der Waals surface area contributed by atoms with Crippen LogP contribution in [0.15, 0.2) is 48.5 Å². The molecule has 0 spiro atoms. The molecule has 0 fully saturated rings. The Morgan fingerprint density at radius 2 is 1.91 bits per heavy atom. The molecule has 0 aliphatic rings. The van der Waals surface area contributed by atoms with Crippen molar-refractivity contribution in [3.8, 4) is 5.75 Å². The van der Waals surface area contributed by atoms with Crippen LogP contribution < -0.4 is 15.4 Å². The first-order valence-corrected chi connectivity index (χ1v) is 6.94. The van der Waals surface area contributed by atoms with E-state index in [2.05, 4.69) is 10.6 Å². The normalized spacial score (nSPS) is 9.91. The van der Waals surface area contributed by atoms with Gasteiger partial charge < -0.3 is 15.4 Å².